The molecule has 23 heavy (non-hydrogen) atoms. The Morgan fingerprint density at radius 1 is 1.22 bits per heavy atom. The van der Waals surface area contributed by atoms with Crippen LogP contribution in [0.4, 0.5) is 0 Å². The number of halogens is 2. The minimum Gasteiger partial charge on any atom is -0.361 e. The highest BCUT2D eigenvalue weighted by Gasteiger charge is 2.14. The van der Waals surface area contributed by atoms with Gasteiger partial charge in [0.2, 0.25) is 0 Å². The van der Waals surface area contributed by atoms with Crippen molar-refractivity contribution in [2.45, 2.75) is 12.8 Å². The average Bonchev–Trinajstić information content (AvgIpc) is 3.02. The van der Waals surface area contributed by atoms with Gasteiger partial charge < -0.3 is 4.52 Å². The number of hydrogen-bond acceptors (Lipinski definition) is 4. The number of carbonyl (C=O) groups is 1. The quantitative estimate of drug-likeness (QED) is 0.455. The largest absolute Gasteiger partial charge is 0.361 e. The summed E-state index contributed by atoms with van der Waals surface area (Å²) in [5.74, 6) is 0.589. The van der Waals surface area contributed by atoms with Gasteiger partial charge in [0, 0.05) is 35.1 Å². The van der Waals surface area contributed by atoms with Crippen molar-refractivity contribution in [2.24, 2.45) is 0 Å². The second-order valence-electron chi connectivity index (χ2n) is 4.92. The fourth-order valence-electron chi connectivity index (χ4n) is 2.19. The van der Waals surface area contributed by atoms with Crippen LogP contribution in [-0.2, 0) is 6.42 Å². The van der Waals surface area contributed by atoms with Crippen molar-refractivity contribution in [1.29, 1.82) is 0 Å². The number of nitrogens with zero attached hydrogens (tertiary/aromatic N) is 2. The lowest BCUT2D eigenvalue weighted by atomic mass is 10.1. The van der Waals surface area contributed by atoms with E-state index in [0.717, 1.165) is 15.7 Å². The molecule has 0 unspecified atom stereocenters. The minimum absolute atomic E-state index is 0.0676. The zero-order valence-electron chi connectivity index (χ0n) is 12.0. The van der Waals surface area contributed by atoms with E-state index in [1.165, 1.54) is 0 Å². The summed E-state index contributed by atoms with van der Waals surface area (Å²) in [4.78, 5) is 16.1. The molecule has 0 N–H and O–H groups in total. The predicted octanol–water partition coefficient (Wildman–Crippen LogP) is 4.97. The highest BCUT2D eigenvalue weighted by atomic mass is 79.9. The van der Waals surface area contributed by atoms with Crippen LogP contribution < -0.4 is 0 Å². The zero-order valence-corrected chi connectivity index (χ0v) is 14.3. The summed E-state index contributed by atoms with van der Waals surface area (Å²) in [5.41, 5.74) is 2.11. The van der Waals surface area contributed by atoms with E-state index in [-0.39, 0.29) is 17.4 Å². The number of hydrogen-bond donors (Lipinski definition) is 0. The van der Waals surface area contributed by atoms with E-state index in [1.54, 1.807) is 18.3 Å². The molecule has 2 aromatic heterocycles. The number of aromatic nitrogens is 2. The standard InChI is InChI=1S/C17H12BrClN2O2/c18-14-6-2-1-4-12(14)15-10-11(23-21-15)7-8-16(22)13-5-3-9-20-17(13)19/h1-6,9-10H,7-8H2. The second-order valence-corrected chi connectivity index (χ2v) is 6.14. The highest BCUT2D eigenvalue weighted by Crippen LogP contribution is 2.27. The van der Waals surface area contributed by atoms with Crippen molar-refractivity contribution < 1.29 is 9.32 Å². The Morgan fingerprint density at radius 2 is 2.04 bits per heavy atom. The van der Waals surface area contributed by atoms with Crippen LogP contribution in [0.15, 0.2) is 57.7 Å². The molecule has 3 rings (SSSR count). The molecule has 6 heteroatoms. The number of carbonyl (C=O) groups excluding carboxylic acids is 1. The molecule has 0 atom stereocenters. The Kier molecular flexibility index (Phi) is 4.88. The number of aryl methyl sites for hydroxylation is 1. The molecule has 0 spiro atoms. The van der Waals surface area contributed by atoms with Crippen molar-refractivity contribution in [2.75, 3.05) is 0 Å². The van der Waals surface area contributed by atoms with Crippen molar-refractivity contribution in [1.82, 2.24) is 10.1 Å². The summed E-state index contributed by atoms with van der Waals surface area (Å²) in [6.45, 7) is 0. The van der Waals surface area contributed by atoms with Gasteiger partial charge in [0.15, 0.2) is 5.78 Å². The molecular formula is C17H12BrClN2O2. The number of pyridine rings is 1. The molecule has 0 saturated heterocycles. The first kappa shape index (κ1) is 15.9. The fourth-order valence-corrected chi connectivity index (χ4v) is 2.90. The van der Waals surface area contributed by atoms with Crippen LogP contribution in [0.1, 0.15) is 22.5 Å². The van der Waals surface area contributed by atoms with Crippen LogP contribution in [0.3, 0.4) is 0 Å². The molecule has 3 aromatic rings. The number of rotatable bonds is 5. The molecule has 0 radical (unpaired) electrons. The second kappa shape index (κ2) is 7.06. The van der Waals surface area contributed by atoms with E-state index in [0.29, 0.717) is 17.7 Å². The monoisotopic (exact) mass is 390 g/mol. The lowest BCUT2D eigenvalue weighted by Crippen LogP contribution is -2.02. The first-order valence-corrected chi connectivity index (χ1v) is 8.16. The van der Waals surface area contributed by atoms with E-state index < -0.39 is 0 Å². The Bertz CT molecular complexity index is 848. The molecule has 0 fully saturated rings. The summed E-state index contributed by atoms with van der Waals surface area (Å²) < 4.78 is 6.26. The summed E-state index contributed by atoms with van der Waals surface area (Å²) in [6.07, 6.45) is 2.30. The van der Waals surface area contributed by atoms with Crippen molar-refractivity contribution in [3.8, 4) is 11.3 Å². The van der Waals surface area contributed by atoms with E-state index in [2.05, 4.69) is 26.1 Å². The van der Waals surface area contributed by atoms with Crippen molar-refractivity contribution in [3.05, 3.63) is 69.6 Å². The molecule has 0 saturated carbocycles. The molecular weight excluding hydrogens is 380 g/mol. The third-order valence-corrected chi connectivity index (χ3v) is 4.36. The lowest BCUT2D eigenvalue weighted by Gasteiger charge is -2.00. The van der Waals surface area contributed by atoms with E-state index in [1.807, 2.05) is 30.3 Å². The minimum atomic E-state index is -0.0676. The van der Waals surface area contributed by atoms with Gasteiger partial charge in [-0.3, -0.25) is 4.79 Å². The summed E-state index contributed by atoms with van der Waals surface area (Å²) in [5, 5.41) is 4.29. The van der Waals surface area contributed by atoms with Crippen LogP contribution in [-0.4, -0.2) is 15.9 Å². The smallest absolute Gasteiger partial charge is 0.166 e. The molecule has 4 nitrogen and oxygen atoms in total. The Hall–Kier alpha value is -1.98. The first-order chi connectivity index (χ1) is 11.1. The Morgan fingerprint density at radius 3 is 2.83 bits per heavy atom. The maximum atomic E-state index is 12.2. The van der Waals surface area contributed by atoms with Gasteiger partial charge in [-0.2, -0.15) is 0 Å². The zero-order chi connectivity index (χ0) is 16.2. The highest BCUT2D eigenvalue weighted by molar-refractivity contribution is 9.10. The molecule has 0 aliphatic rings. The molecule has 0 amide bonds. The Labute approximate surface area is 146 Å². The molecule has 116 valence electrons. The fraction of sp³-hybridized carbons (Fsp3) is 0.118. The molecule has 0 bridgehead atoms. The van der Waals surface area contributed by atoms with Gasteiger partial charge in [0.25, 0.3) is 0 Å². The predicted molar refractivity (Wildman–Crippen MR) is 91.5 cm³/mol. The third kappa shape index (κ3) is 3.68. The van der Waals surface area contributed by atoms with Crippen molar-refractivity contribution >= 4 is 33.3 Å². The number of Topliss-reactive ketones (excluding diaryl/α,β-unsaturated/α-hetero) is 1. The van der Waals surface area contributed by atoms with Crippen LogP contribution in [0.25, 0.3) is 11.3 Å². The van der Waals surface area contributed by atoms with Crippen LogP contribution >= 0.6 is 27.5 Å². The van der Waals surface area contributed by atoms with Crippen LogP contribution in [0, 0.1) is 0 Å². The van der Waals surface area contributed by atoms with Gasteiger partial charge in [-0.15, -0.1) is 0 Å². The van der Waals surface area contributed by atoms with Gasteiger partial charge in [0.05, 0.1) is 5.56 Å². The molecule has 1 aromatic carbocycles. The average molecular weight is 392 g/mol. The van der Waals surface area contributed by atoms with E-state index >= 15 is 0 Å². The summed E-state index contributed by atoms with van der Waals surface area (Å²) >= 11 is 9.42. The van der Waals surface area contributed by atoms with Crippen molar-refractivity contribution in [3.63, 3.8) is 0 Å². The van der Waals surface area contributed by atoms with Gasteiger partial charge in [-0.05, 0) is 18.2 Å². The van der Waals surface area contributed by atoms with Gasteiger partial charge in [-0.1, -0.05) is 50.9 Å². The first-order valence-electron chi connectivity index (χ1n) is 6.99. The SMILES string of the molecule is O=C(CCc1cc(-c2ccccc2Br)no1)c1cccnc1Cl. The van der Waals surface area contributed by atoms with Gasteiger partial charge in [-0.25, -0.2) is 4.98 Å². The number of ketones is 1. The molecule has 2 heterocycles. The Balaban J connectivity index is 1.70. The normalized spacial score (nSPS) is 10.7. The maximum Gasteiger partial charge on any atom is 0.166 e. The topological polar surface area (TPSA) is 56.0 Å². The van der Waals surface area contributed by atoms with Crippen LogP contribution in [0.2, 0.25) is 5.15 Å². The summed E-state index contributed by atoms with van der Waals surface area (Å²) in [7, 11) is 0. The summed E-state index contributed by atoms with van der Waals surface area (Å²) in [6, 6.07) is 13.0. The molecule has 0 aliphatic heterocycles. The van der Waals surface area contributed by atoms with Gasteiger partial charge >= 0.3 is 0 Å². The lowest BCUT2D eigenvalue weighted by molar-refractivity contribution is 0.0980. The molecule has 0 aliphatic carbocycles. The third-order valence-electron chi connectivity index (χ3n) is 3.37. The van der Waals surface area contributed by atoms with E-state index in [4.69, 9.17) is 16.1 Å². The van der Waals surface area contributed by atoms with E-state index in [9.17, 15) is 4.79 Å². The van der Waals surface area contributed by atoms with Gasteiger partial charge in [0.1, 0.15) is 16.6 Å². The van der Waals surface area contributed by atoms with Crippen LogP contribution in [0.5, 0.6) is 0 Å². The number of benzene rings is 1. The maximum absolute atomic E-state index is 12.2.